The molecule has 0 N–H and O–H groups in total. The SMILES string of the molecule is COC(=O)c1ccc(C#CCCCl)cc1Cl. The van der Waals surface area contributed by atoms with Crippen molar-refractivity contribution in [2.75, 3.05) is 13.0 Å². The zero-order chi connectivity index (χ0) is 12.0. The summed E-state index contributed by atoms with van der Waals surface area (Å²) in [7, 11) is 1.31. The highest BCUT2D eigenvalue weighted by molar-refractivity contribution is 6.33. The van der Waals surface area contributed by atoms with E-state index in [0.717, 1.165) is 5.56 Å². The van der Waals surface area contributed by atoms with Gasteiger partial charge >= 0.3 is 5.97 Å². The van der Waals surface area contributed by atoms with Crippen molar-refractivity contribution in [3.8, 4) is 11.8 Å². The summed E-state index contributed by atoms with van der Waals surface area (Å²) in [5, 5.41) is 0.338. The molecule has 4 heteroatoms. The molecule has 0 aliphatic rings. The van der Waals surface area contributed by atoms with E-state index in [4.69, 9.17) is 23.2 Å². The van der Waals surface area contributed by atoms with Gasteiger partial charge in [0.1, 0.15) is 0 Å². The highest BCUT2D eigenvalue weighted by atomic mass is 35.5. The van der Waals surface area contributed by atoms with Gasteiger partial charge in [-0.2, -0.15) is 0 Å². The molecule has 2 nitrogen and oxygen atoms in total. The first-order valence-corrected chi connectivity index (χ1v) is 5.53. The van der Waals surface area contributed by atoms with Gasteiger partial charge in [-0.1, -0.05) is 23.4 Å². The summed E-state index contributed by atoms with van der Waals surface area (Å²) in [6.07, 6.45) is 0.623. The molecule has 0 aromatic heterocycles. The van der Waals surface area contributed by atoms with Crippen LogP contribution in [0.1, 0.15) is 22.3 Å². The number of esters is 1. The average molecular weight is 257 g/mol. The Labute approximate surface area is 105 Å². The molecule has 0 saturated carbocycles. The summed E-state index contributed by atoms with van der Waals surface area (Å²) in [6.45, 7) is 0. The Hall–Kier alpha value is -1.17. The second-order valence-corrected chi connectivity index (χ2v) is 3.71. The molecule has 0 fully saturated rings. The molecule has 0 amide bonds. The monoisotopic (exact) mass is 256 g/mol. The molecule has 0 unspecified atom stereocenters. The van der Waals surface area contributed by atoms with Crippen molar-refractivity contribution in [3.63, 3.8) is 0 Å². The lowest BCUT2D eigenvalue weighted by molar-refractivity contribution is 0.0601. The van der Waals surface area contributed by atoms with Crippen molar-refractivity contribution in [1.29, 1.82) is 0 Å². The highest BCUT2D eigenvalue weighted by Crippen LogP contribution is 2.18. The third-order valence-electron chi connectivity index (χ3n) is 1.83. The van der Waals surface area contributed by atoms with Crippen molar-refractivity contribution in [1.82, 2.24) is 0 Å². The first-order chi connectivity index (χ1) is 7.69. The minimum absolute atomic E-state index is 0.338. The molecule has 0 aliphatic carbocycles. The van der Waals surface area contributed by atoms with Gasteiger partial charge in [0, 0.05) is 17.9 Å². The van der Waals surface area contributed by atoms with Crippen LogP contribution in [0.25, 0.3) is 0 Å². The quantitative estimate of drug-likeness (QED) is 0.462. The van der Waals surface area contributed by atoms with Crippen LogP contribution < -0.4 is 0 Å². The van der Waals surface area contributed by atoms with Crippen LogP contribution in [-0.2, 0) is 4.74 Å². The van der Waals surface area contributed by atoms with E-state index >= 15 is 0 Å². The van der Waals surface area contributed by atoms with Gasteiger partial charge in [0.25, 0.3) is 0 Å². The third-order valence-corrected chi connectivity index (χ3v) is 2.33. The Morgan fingerprint density at radius 1 is 1.50 bits per heavy atom. The summed E-state index contributed by atoms with van der Waals surface area (Å²) in [5.41, 5.74) is 1.09. The summed E-state index contributed by atoms with van der Waals surface area (Å²) in [4.78, 5) is 11.2. The Bertz CT molecular complexity index is 444. The number of benzene rings is 1. The number of carbonyl (C=O) groups is 1. The topological polar surface area (TPSA) is 26.3 Å². The zero-order valence-corrected chi connectivity index (χ0v) is 10.2. The fourth-order valence-electron chi connectivity index (χ4n) is 1.08. The van der Waals surface area contributed by atoms with E-state index in [1.165, 1.54) is 7.11 Å². The first-order valence-electron chi connectivity index (χ1n) is 4.61. The molecule has 0 aliphatic heterocycles. The van der Waals surface area contributed by atoms with Crippen LogP contribution in [0.2, 0.25) is 5.02 Å². The second-order valence-electron chi connectivity index (χ2n) is 2.93. The van der Waals surface area contributed by atoms with Crippen LogP contribution >= 0.6 is 23.2 Å². The number of methoxy groups -OCH3 is 1. The molecule has 0 saturated heterocycles. The van der Waals surface area contributed by atoms with Gasteiger partial charge in [0.15, 0.2) is 0 Å². The van der Waals surface area contributed by atoms with Gasteiger partial charge in [-0.3, -0.25) is 0 Å². The lowest BCUT2D eigenvalue weighted by Crippen LogP contribution is -2.01. The number of hydrogen-bond donors (Lipinski definition) is 0. The molecular formula is C12H10Cl2O2. The van der Waals surface area contributed by atoms with Gasteiger partial charge < -0.3 is 4.74 Å². The van der Waals surface area contributed by atoms with Gasteiger partial charge in [-0.25, -0.2) is 4.79 Å². The number of hydrogen-bond acceptors (Lipinski definition) is 2. The number of ether oxygens (including phenoxy) is 1. The smallest absolute Gasteiger partial charge is 0.339 e. The summed E-state index contributed by atoms with van der Waals surface area (Å²) in [5.74, 6) is 5.83. The number of rotatable bonds is 2. The predicted molar refractivity (Wildman–Crippen MR) is 65.0 cm³/mol. The maximum Gasteiger partial charge on any atom is 0.339 e. The molecule has 1 aromatic rings. The molecular weight excluding hydrogens is 247 g/mol. The maximum atomic E-state index is 11.2. The normalized spacial score (nSPS) is 9.19. The van der Waals surface area contributed by atoms with Gasteiger partial charge in [0.05, 0.1) is 17.7 Å². The Morgan fingerprint density at radius 2 is 2.25 bits per heavy atom. The van der Waals surface area contributed by atoms with Crippen molar-refractivity contribution >= 4 is 29.2 Å². The largest absolute Gasteiger partial charge is 0.465 e. The van der Waals surface area contributed by atoms with Crippen LogP contribution in [0, 0.1) is 11.8 Å². The molecule has 1 rings (SSSR count). The van der Waals surface area contributed by atoms with E-state index in [1.807, 2.05) is 0 Å². The van der Waals surface area contributed by atoms with E-state index in [1.54, 1.807) is 18.2 Å². The maximum absolute atomic E-state index is 11.2. The third kappa shape index (κ3) is 3.44. The van der Waals surface area contributed by atoms with E-state index < -0.39 is 5.97 Å². The molecule has 1 aromatic carbocycles. The summed E-state index contributed by atoms with van der Waals surface area (Å²) in [6, 6.07) is 4.95. The van der Waals surface area contributed by atoms with Crippen molar-refractivity contribution in [3.05, 3.63) is 34.3 Å². The highest BCUT2D eigenvalue weighted by Gasteiger charge is 2.09. The predicted octanol–water partition coefficient (Wildman–Crippen LogP) is 3.11. The first kappa shape index (κ1) is 12.9. The van der Waals surface area contributed by atoms with Crippen LogP contribution in [-0.4, -0.2) is 19.0 Å². The van der Waals surface area contributed by atoms with E-state index in [-0.39, 0.29) is 0 Å². The lowest BCUT2D eigenvalue weighted by atomic mass is 10.1. The van der Waals surface area contributed by atoms with Crippen LogP contribution in [0.3, 0.4) is 0 Å². The van der Waals surface area contributed by atoms with Crippen molar-refractivity contribution in [2.45, 2.75) is 6.42 Å². The number of halogens is 2. The minimum atomic E-state index is -0.453. The minimum Gasteiger partial charge on any atom is -0.465 e. The molecule has 0 heterocycles. The Kier molecular flexibility index (Phi) is 5.18. The number of alkyl halides is 1. The van der Waals surface area contributed by atoms with Gasteiger partial charge in [-0.05, 0) is 18.2 Å². The standard InChI is InChI=1S/C12H10Cl2O2/c1-16-12(15)10-6-5-9(8-11(10)14)4-2-3-7-13/h5-6,8H,3,7H2,1H3. The average Bonchev–Trinajstić information content (AvgIpc) is 2.29. The van der Waals surface area contributed by atoms with Crippen LogP contribution in [0.4, 0.5) is 0 Å². The van der Waals surface area contributed by atoms with E-state index in [2.05, 4.69) is 16.6 Å². The number of carbonyl (C=O) groups excluding carboxylic acids is 1. The Morgan fingerprint density at radius 3 is 2.81 bits per heavy atom. The van der Waals surface area contributed by atoms with Crippen LogP contribution in [0.15, 0.2) is 18.2 Å². The van der Waals surface area contributed by atoms with E-state index in [0.29, 0.717) is 22.9 Å². The molecule has 84 valence electrons. The van der Waals surface area contributed by atoms with Gasteiger partial charge in [-0.15, -0.1) is 11.6 Å². The molecule has 0 radical (unpaired) electrons. The van der Waals surface area contributed by atoms with Gasteiger partial charge in [0.2, 0.25) is 0 Å². The zero-order valence-electron chi connectivity index (χ0n) is 8.72. The fourth-order valence-corrected chi connectivity index (χ4v) is 1.43. The lowest BCUT2D eigenvalue weighted by Gasteiger charge is -2.01. The molecule has 0 spiro atoms. The van der Waals surface area contributed by atoms with Crippen molar-refractivity contribution < 1.29 is 9.53 Å². The molecule has 0 atom stereocenters. The molecule has 0 bridgehead atoms. The molecule has 16 heavy (non-hydrogen) atoms. The second kappa shape index (κ2) is 6.42. The summed E-state index contributed by atoms with van der Waals surface area (Å²) < 4.78 is 4.58. The van der Waals surface area contributed by atoms with Crippen LogP contribution in [0.5, 0.6) is 0 Å². The Balaban J connectivity index is 2.92. The fraction of sp³-hybridized carbons (Fsp3) is 0.250. The summed E-state index contributed by atoms with van der Waals surface area (Å²) >= 11 is 11.4. The van der Waals surface area contributed by atoms with E-state index in [9.17, 15) is 4.79 Å². The van der Waals surface area contributed by atoms with Crippen molar-refractivity contribution in [2.24, 2.45) is 0 Å².